The Morgan fingerprint density at radius 3 is 2.67 bits per heavy atom. The summed E-state index contributed by atoms with van der Waals surface area (Å²) in [5, 5.41) is 4.67. The lowest BCUT2D eigenvalue weighted by molar-refractivity contribution is 0.169. The smallest absolute Gasteiger partial charge is 0.0172 e. The van der Waals surface area contributed by atoms with Crippen LogP contribution < -0.4 is 5.32 Å². The van der Waals surface area contributed by atoms with Crippen molar-refractivity contribution in [2.75, 3.05) is 12.3 Å². The van der Waals surface area contributed by atoms with Gasteiger partial charge in [0.2, 0.25) is 0 Å². The van der Waals surface area contributed by atoms with Crippen LogP contribution in [0, 0.1) is 11.8 Å². The maximum absolute atomic E-state index is 3.75. The Morgan fingerprint density at radius 2 is 2.07 bits per heavy atom. The molecular formula is C13H25NS. The minimum absolute atomic E-state index is 0.847. The van der Waals surface area contributed by atoms with Gasteiger partial charge in [-0.2, -0.15) is 11.8 Å². The van der Waals surface area contributed by atoms with Gasteiger partial charge >= 0.3 is 0 Å². The van der Waals surface area contributed by atoms with E-state index in [2.05, 4.69) is 30.9 Å². The Labute approximate surface area is 98.8 Å². The summed E-state index contributed by atoms with van der Waals surface area (Å²) in [6.07, 6.45) is 7.20. The van der Waals surface area contributed by atoms with Gasteiger partial charge < -0.3 is 5.32 Å². The van der Waals surface area contributed by atoms with E-state index in [4.69, 9.17) is 0 Å². The van der Waals surface area contributed by atoms with Crippen LogP contribution in [0.2, 0.25) is 0 Å². The van der Waals surface area contributed by atoms with Gasteiger partial charge in [0, 0.05) is 17.8 Å². The monoisotopic (exact) mass is 227 g/mol. The van der Waals surface area contributed by atoms with Crippen LogP contribution in [0.15, 0.2) is 0 Å². The number of thioether (sulfide) groups is 1. The molecule has 0 aromatic heterocycles. The minimum Gasteiger partial charge on any atom is -0.313 e. The Bertz CT molecular complexity index is 181. The van der Waals surface area contributed by atoms with Crippen molar-refractivity contribution in [2.24, 2.45) is 11.8 Å². The molecule has 1 unspecified atom stereocenters. The normalized spacial score (nSPS) is 36.6. The first-order chi connectivity index (χ1) is 7.25. The number of nitrogens with one attached hydrogen (secondary N) is 1. The third-order valence-corrected chi connectivity index (χ3v) is 5.42. The van der Waals surface area contributed by atoms with Gasteiger partial charge in [0.1, 0.15) is 0 Å². The lowest BCUT2D eigenvalue weighted by atomic mass is 9.73. The van der Waals surface area contributed by atoms with Crippen molar-refractivity contribution in [1.29, 1.82) is 0 Å². The lowest BCUT2D eigenvalue weighted by Gasteiger charge is -2.39. The molecule has 15 heavy (non-hydrogen) atoms. The Kier molecular flexibility index (Phi) is 4.39. The maximum Gasteiger partial charge on any atom is 0.0172 e. The molecule has 1 N–H and O–H groups in total. The maximum atomic E-state index is 3.75. The number of hydrogen-bond donors (Lipinski definition) is 1. The van der Waals surface area contributed by atoms with Crippen molar-refractivity contribution in [3.63, 3.8) is 0 Å². The molecule has 0 aromatic carbocycles. The van der Waals surface area contributed by atoms with Crippen molar-refractivity contribution in [2.45, 2.75) is 57.2 Å². The molecule has 1 aliphatic carbocycles. The van der Waals surface area contributed by atoms with E-state index in [1.54, 1.807) is 0 Å². The van der Waals surface area contributed by atoms with Crippen LogP contribution in [0.4, 0.5) is 0 Å². The van der Waals surface area contributed by atoms with Crippen molar-refractivity contribution in [3.05, 3.63) is 0 Å². The number of hydrogen-bond acceptors (Lipinski definition) is 2. The van der Waals surface area contributed by atoms with Crippen molar-refractivity contribution in [1.82, 2.24) is 5.32 Å². The Balaban J connectivity index is 1.55. The molecule has 88 valence electrons. The third kappa shape index (κ3) is 3.39. The summed E-state index contributed by atoms with van der Waals surface area (Å²) in [4.78, 5) is 0. The zero-order chi connectivity index (χ0) is 10.7. The van der Waals surface area contributed by atoms with Crippen LogP contribution >= 0.6 is 11.8 Å². The molecule has 0 amide bonds. The highest BCUT2D eigenvalue weighted by Gasteiger charge is 2.31. The lowest BCUT2D eigenvalue weighted by Crippen LogP contribution is -2.45. The van der Waals surface area contributed by atoms with E-state index in [0.29, 0.717) is 0 Å². The van der Waals surface area contributed by atoms with E-state index < -0.39 is 0 Å². The summed E-state index contributed by atoms with van der Waals surface area (Å²) >= 11 is 2.18. The molecule has 1 saturated carbocycles. The van der Waals surface area contributed by atoms with E-state index in [9.17, 15) is 0 Å². The molecule has 1 heterocycles. The largest absolute Gasteiger partial charge is 0.313 e. The van der Waals surface area contributed by atoms with E-state index >= 15 is 0 Å². The highest BCUT2D eigenvalue weighted by atomic mass is 32.2. The van der Waals surface area contributed by atoms with Gasteiger partial charge in [-0.15, -0.1) is 0 Å². The molecule has 0 aromatic rings. The van der Waals surface area contributed by atoms with Gasteiger partial charge in [0.05, 0.1) is 0 Å². The van der Waals surface area contributed by atoms with Gasteiger partial charge in [0.25, 0.3) is 0 Å². The van der Waals surface area contributed by atoms with E-state index in [-0.39, 0.29) is 0 Å². The predicted octanol–water partition coefficient (Wildman–Crippen LogP) is 3.30. The topological polar surface area (TPSA) is 12.0 Å². The Morgan fingerprint density at radius 1 is 1.27 bits per heavy atom. The second-order valence-electron chi connectivity index (χ2n) is 5.57. The van der Waals surface area contributed by atoms with Gasteiger partial charge in [-0.1, -0.05) is 20.3 Å². The summed E-state index contributed by atoms with van der Waals surface area (Å²) in [6.45, 7) is 5.98. The van der Waals surface area contributed by atoms with Crippen LogP contribution in [-0.2, 0) is 0 Å². The average Bonchev–Trinajstić information content (AvgIpc) is 2.16. The predicted molar refractivity (Wildman–Crippen MR) is 69.4 cm³/mol. The second kappa shape index (κ2) is 5.58. The average molecular weight is 227 g/mol. The van der Waals surface area contributed by atoms with Crippen LogP contribution in [0.5, 0.6) is 0 Å². The molecule has 2 fully saturated rings. The molecule has 1 atom stereocenters. The molecular weight excluding hydrogens is 202 g/mol. The fraction of sp³-hybridized carbons (Fsp3) is 1.00. The van der Waals surface area contributed by atoms with Crippen LogP contribution in [-0.4, -0.2) is 23.6 Å². The first-order valence-electron chi connectivity index (χ1n) is 6.60. The molecule has 1 nitrogen and oxygen atoms in total. The van der Waals surface area contributed by atoms with E-state index in [1.165, 1.54) is 44.4 Å². The molecule has 2 heteroatoms. The third-order valence-electron chi connectivity index (χ3n) is 4.03. The minimum atomic E-state index is 0.847. The molecule has 0 radical (unpaired) electrons. The van der Waals surface area contributed by atoms with Crippen molar-refractivity contribution in [3.8, 4) is 0 Å². The first-order valence-corrected chi connectivity index (χ1v) is 7.65. The van der Waals surface area contributed by atoms with Crippen LogP contribution in [0.3, 0.4) is 0 Å². The zero-order valence-corrected chi connectivity index (χ0v) is 11.0. The highest BCUT2D eigenvalue weighted by Crippen LogP contribution is 2.34. The molecule has 0 spiro atoms. The molecule has 0 bridgehead atoms. The summed E-state index contributed by atoms with van der Waals surface area (Å²) in [6, 6.07) is 0.847. The first kappa shape index (κ1) is 11.8. The van der Waals surface area contributed by atoms with Crippen molar-refractivity contribution >= 4 is 11.8 Å². The highest BCUT2D eigenvalue weighted by molar-refractivity contribution is 7.99. The fourth-order valence-corrected chi connectivity index (χ4v) is 3.89. The zero-order valence-electron chi connectivity index (χ0n) is 10.2. The Hall–Kier alpha value is 0.310. The fourth-order valence-electron chi connectivity index (χ4n) is 2.64. The van der Waals surface area contributed by atoms with E-state index in [1.807, 2.05) is 0 Å². The van der Waals surface area contributed by atoms with Gasteiger partial charge in [-0.05, 0) is 43.3 Å². The molecule has 2 aliphatic rings. The van der Waals surface area contributed by atoms with Crippen LogP contribution in [0.1, 0.15) is 46.0 Å². The van der Waals surface area contributed by atoms with Gasteiger partial charge in [-0.25, -0.2) is 0 Å². The number of rotatable bonds is 4. The van der Waals surface area contributed by atoms with Crippen LogP contribution in [0.25, 0.3) is 0 Å². The van der Waals surface area contributed by atoms with E-state index in [0.717, 1.165) is 23.1 Å². The molecule has 2 rings (SSSR count). The second-order valence-corrected chi connectivity index (χ2v) is 6.98. The molecule has 1 saturated heterocycles. The standard InChI is InChI=1S/C13H25NS/c1-10(2)11-7-12(8-11)14-9-13-5-3-4-6-15-13/h10-14H,3-9H2,1-2H3. The summed E-state index contributed by atoms with van der Waals surface area (Å²) in [5.74, 6) is 3.29. The summed E-state index contributed by atoms with van der Waals surface area (Å²) in [7, 11) is 0. The van der Waals surface area contributed by atoms with Gasteiger partial charge in [-0.3, -0.25) is 0 Å². The molecule has 1 aliphatic heterocycles. The van der Waals surface area contributed by atoms with Gasteiger partial charge in [0.15, 0.2) is 0 Å². The van der Waals surface area contributed by atoms with Crippen molar-refractivity contribution < 1.29 is 0 Å². The quantitative estimate of drug-likeness (QED) is 0.791. The summed E-state index contributed by atoms with van der Waals surface area (Å²) < 4.78 is 0. The summed E-state index contributed by atoms with van der Waals surface area (Å²) in [5.41, 5.74) is 0. The SMILES string of the molecule is CC(C)C1CC(NCC2CCCCS2)C1.